The molecule has 4 heteroatoms. The van der Waals surface area contributed by atoms with Gasteiger partial charge in [0.1, 0.15) is 0 Å². The molecule has 0 saturated carbocycles. The number of hydrogen-bond donors (Lipinski definition) is 1. The molecule has 0 bridgehead atoms. The first-order valence-corrected chi connectivity index (χ1v) is 6.82. The molecule has 18 heavy (non-hydrogen) atoms. The highest BCUT2D eigenvalue weighted by molar-refractivity contribution is 5.31. The van der Waals surface area contributed by atoms with Crippen molar-refractivity contribution < 1.29 is 0 Å². The monoisotopic (exact) mass is 250 g/mol. The molecule has 0 radical (unpaired) electrons. The van der Waals surface area contributed by atoms with Crippen molar-refractivity contribution in [1.82, 2.24) is 15.3 Å². The van der Waals surface area contributed by atoms with E-state index < -0.39 is 0 Å². The Balaban J connectivity index is 2.64. The van der Waals surface area contributed by atoms with Crippen molar-refractivity contribution in [3.63, 3.8) is 0 Å². The number of anilines is 1. The third-order valence-electron chi connectivity index (χ3n) is 2.85. The molecule has 1 aromatic heterocycles. The molecule has 0 aliphatic carbocycles. The van der Waals surface area contributed by atoms with Crippen LogP contribution in [-0.4, -0.2) is 36.6 Å². The number of hydrogen-bond acceptors (Lipinski definition) is 4. The third kappa shape index (κ3) is 4.61. The topological polar surface area (TPSA) is 41.0 Å². The number of aryl methyl sites for hydroxylation is 1. The molecular formula is C14H26N4. The van der Waals surface area contributed by atoms with Gasteiger partial charge < -0.3 is 10.2 Å². The van der Waals surface area contributed by atoms with E-state index in [1.807, 2.05) is 14.0 Å². The van der Waals surface area contributed by atoms with Crippen molar-refractivity contribution in [3.05, 3.63) is 17.5 Å². The summed E-state index contributed by atoms with van der Waals surface area (Å²) in [5.74, 6) is 1.27. The summed E-state index contributed by atoms with van der Waals surface area (Å²) in [5, 5.41) is 3.39. The Morgan fingerprint density at radius 2 is 2.00 bits per heavy atom. The first kappa shape index (κ1) is 14.9. The average Bonchev–Trinajstić information content (AvgIpc) is 2.33. The molecular weight excluding hydrogens is 224 g/mol. The summed E-state index contributed by atoms with van der Waals surface area (Å²) in [4.78, 5) is 11.2. The standard InChI is InChI=1S/C14H26N4/c1-6-7-15-8-9-18(5)14-16-12(4)10-13(17-14)11(2)3/h10-11,15H,6-9H2,1-5H3. The maximum Gasteiger partial charge on any atom is 0.225 e. The minimum atomic E-state index is 0.442. The normalized spacial score (nSPS) is 11.0. The molecule has 0 fully saturated rings. The van der Waals surface area contributed by atoms with E-state index in [-0.39, 0.29) is 0 Å². The molecule has 0 atom stereocenters. The van der Waals surface area contributed by atoms with Crippen LogP contribution >= 0.6 is 0 Å². The second kappa shape index (κ2) is 7.31. The van der Waals surface area contributed by atoms with Gasteiger partial charge in [-0.1, -0.05) is 20.8 Å². The van der Waals surface area contributed by atoms with Gasteiger partial charge >= 0.3 is 0 Å². The lowest BCUT2D eigenvalue weighted by Crippen LogP contribution is -2.30. The van der Waals surface area contributed by atoms with Gasteiger partial charge in [-0.15, -0.1) is 0 Å². The molecule has 0 unspecified atom stereocenters. The molecule has 0 aliphatic rings. The van der Waals surface area contributed by atoms with E-state index >= 15 is 0 Å². The maximum absolute atomic E-state index is 4.62. The highest BCUT2D eigenvalue weighted by atomic mass is 15.2. The number of rotatable bonds is 7. The van der Waals surface area contributed by atoms with Gasteiger partial charge in [-0.3, -0.25) is 0 Å². The van der Waals surface area contributed by atoms with Gasteiger partial charge in [0.25, 0.3) is 0 Å². The summed E-state index contributed by atoms with van der Waals surface area (Å²) < 4.78 is 0. The van der Waals surface area contributed by atoms with Gasteiger partial charge in [0.15, 0.2) is 0 Å². The van der Waals surface area contributed by atoms with Crippen molar-refractivity contribution >= 4 is 5.95 Å². The summed E-state index contributed by atoms with van der Waals surface area (Å²) in [7, 11) is 2.05. The van der Waals surface area contributed by atoms with Crippen LogP contribution in [0.3, 0.4) is 0 Å². The van der Waals surface area contributed by atoms with Crippen LogP contribution in [0.15, 0.2) is 6.07 Å². The number of nitrogens with one attached hydrogen (secondary N) is 1. The van der Waals surface area contributed by atoms with Crippen molar-refractivity contribution in [2.24, 2.45) is 0 Å². The van der Waals surface area contributed by atoms with Crippen molar-refractivity contribution in [1.29, 1.82) is 0 Å². The van der Waals surface area contributed by atoms with E-state index in [1.165, 1.54) is 6.42 Å². The number of likely N-dealkylation sites (N-methyl/N-ethyl adjacent to an activating group) is 1. The van der Waals surface area contributed by atoms with Gasteiger partial charge in [0.05, 0.1) is 0 Å². The third-order valence-corrected chi connectivity index (χ3v) is 2.85. The molecule has 102 valence electrons. The fourth-order valence-electron chi connectivity index (χ4n) is 1.69. The second-order valence-corrected chi connectivity index (χ2v) is 5.06. The van der Waals surface area contributed by atoms with Crippen LogP contribution in [0, 0.1) is 6.92 Å². The zero-order valence-corrected chi connectivity index (χ0v) is 12.3. The number of nitrogens with zero attached hydrogens (tertiary/aromatic N) is 3. The summed E-state index contributed by atoms with van der Waals surface area (Å²) in [5.41, 5.74) is 2.16. The van der Waals surface area contributed by atoms with Gasteiger partial charge in [-0.2, -0.15) is 0 Å². The van der Waals surface area contributed by atoms with Gasteiger partial charge in [0, 0.05) is 31.5 Å². The van der Waals surface area contributed by atoms with Crippen LogP contribution in [0.2, 0.25) is 0 Å². The summed E-state index contributed by atoms with van der Waals surface area (Å²) in [6.07, 6.45) is 1.17. The molecule has 1 N–H and O–H groups in total. The first-order valence-electron chi connectivity index (χ1n) is 6.82. The SMILES string of the molecule is CCCNCCN(C)c1nc(C)cc(C(C)C)n1. The molecule has 0 amide bonds. The van der Waals surface area contributed by atoms with E-state index in [0.29, 0.717) is 5.92 Å². The Morgan fingerprint density at radius 1 is 1.28 bits per heavy atom. The average molecular weight is 250 g/mol. The minimum absolute atomic E-state index is 0.442. The lowest BCUT2D eigenvalue weighted by Gasteiger charge is -2.19. The first-order chi connectivity index (χ1) is 8.54. The Bertz CT molecular complexity index is 363. The van der Waals surface area contributed by atoms with Crippen LogP contribution in [0.1, 0.15) is 44.5 Å². The molecule has 0 spiro atoms. The van der Waals surface area contributed by atoms with E-state index in [9.17, 15) is 0 Å². The zero-order chi connectivity index (χ0) is 13.5. The fourth-order valence-corrected chi connectivity index (χ4v) is 1.69. The highest BCUT2D eigenvalue weighted by Crippen LogP contribution is 2.15. The quantitative estimate of drug-likeness (QED) is 0.754. The molecule has 4 nitrogen and oxygen atoms in total. The number of aromatic nitrogens is 2. The second-order valence-electron chi connectivity index (χ2n) is 5.06. The zero-order valence-electron chi connectivity index (χ0n) is 12.3. The van der Waals surface area contributed by atoms with Crippen LogP contribution < -0.4 is 10.2 Å². The largest absolute Gasteiger partial charge is 0.343 e. The van der Waals surface area contributed by atoms with Crippen molar-refractivity contribution in [3.8, 4) is 0 Å². The lowest BCUT2D eigenvalue weighted by atomic mass is 10.1. The van der Waals surface area contributed by atoms with Crippen molar-refractivity contribution in [2.75, 3.05) is 31.6 Å². The predicted molar refractivity (Wildman–Crippen MR) is 77.3 cm³/mol. The Kier molecular flexibility index (Phi) is 6.05. The Morgan fingerprint density at radius 3 is 2.61 bits per heavy atom. The molecule has 1 heterocycles. The summed E-state index contributed by atoms with van der Waals surface area (Å²) in [6.45, 7) is 11.5. The Labute approximate surface area is 111 Å². The van der Waals surface area contributed by atoms with E-state index in [4.69, 9.17) is 0 Å². The van der Waals surface area contributed by atoms with Gasteiger partial charge in [-0.25, -0.2) is 9.97 Å². The van der Waals surface area contributed by atoms with Crippen LogP contribution in [0.25, 0.3) is 0 Å². The Hall–Kier alpha value is -1.16. The molecule has 0 aromatic carbocycles. The van der Waals surface area contributed by atoms with E-state index in [2.05, 4.69) is 47.0 Å². The van der Waals surface area contributed by atoms with Gasteiger partial charge in [0.2, 0.25) is 5.95 Å². The molecule has 1 aromatic rings. The maximum atomic E-state index is 4.62. The summed E-state index contributed by atoms with van der Waals surface area (Å²) >= 11 is 0. The molecule has 0 aliphatic heterocycles. The molecule has 1 rings (SSSR count). The van der Waals surface area contributed by atoms with E-state index in [0.717, 1.165) is 37.0 Å². The minimum Gasteiger partial charge on any atom is -0.343 e. The van der Waals surface area contributed by atoms with Crippen LogP contribution in [0.5, 0.6) is 0 Å². The van der Waals surface area contributed by atoms with Crippen LogP contribution in [-0.2, 0) is 0 Å². The smallest absolute Gasteiger partial charge is 0.225 e. The van der Waals surface area contributed by atoms with Crippen molar-refractivity contribution in [2.45, 2.75) is 40.0 Å². The van der Waals surface area contributed by atoms with Gasteiger partial charge in [-0.05, 0) is 31.9 Å². The molecule has 0 saturated heterocycles. The highest BCUT2D eigenvalue weighted by Gasteiger charge is 2.09. The van der Waals surface area contributed by atoms with E-state index in [1.54, 1.807) is 0 Å². The fraction of sp³-hybridized carbons (Fsp3) is 0.714. The van der Waals surface area contributed by atoms with Crippen LogP contribution in [0.4, 0.5) is 5.95 Å². The summed E-state index contributed by atoms with van der Waals surface area (Å²) in [6, 6.07) is 2.07. The lowest BCUT2D eigenvalue weighted by molar-refractivity contribution is 0.659. The predicted octanol–water partition coefficient (Wildman–Crippen LogP) is 2.34.